The smallest absolute Gasteiger partial charge is 0.265 e. The van der Waals surface area contributed by atoms with E-state index >= 15 is 0 Å². The van der Waals surface area contributed by atoms with Gasteiger partial charge in [0, 0.05) is 18.3 Å². The molecule has 1 heterocycles. The first kappa shape index (κ1) is 25.8. The summed E-state index contributed by atoms with van der Waals surface area (Å²) in [5, 5.41) is 2.87. The van der Waals surface area contributed by atoms with Crippen LogP contribution in [0.2, 0.25) is 0 Å². The molecule has 7 nitrogen and oxygen atoms in total. The van der Waals surface area contributed by atoms with Gasteiger partial charge in [0.1, 0.15) is 17.2 Å². The van der Waals surface area contributed by atoms with Crippen molar-refractivity contribution in [1.82, 2.24) is 0 Å². The lowest BCUT2D eigenvalue weighted by atomic mass is 10.0. The second-order valence-electron chi connectivity index (χ2n) is 9.04. The summed E-state index contributed by atoms with van der Waals surface area (Å²) in [5.41, 5.74) is 3.42. The lowest BCUT2D eigenvalue weighted by molar-refractivity contribution is -0.121. The van der Waals surface area contributed by atoms with Gasteiger partial charge in [-0.3, -0.25) is 9.59 Å². The van der Waals surface area contributed by atoms with Gasteiger partial charge in [0.2, 0.25) is 5.91 Å². The Hall–Kier alpha value is -4.26. The summed E-state index contributed by atoms with van der Waals surface area (Å²) in [6.45, 7) is 5.19. The molecule has 37 heavy (non-hydrogen) atoms. The van der Waals surface area contributed by atoms with Crippen LogP contribution in [-0.2, 0) is 9.59 Å². The maximum Gasteiger partial charge on any atom is 0.265 e. The second-order valence-corrected chi connectivity index (χ2v) is 9.04. The molecule has 0 bridgehead atoms. The number of benzene rings is 3. The van der Waals surface area contributed by atoms with Gasteiger partial charge >= 0.3 is 0 Å². The number of amides is 2. The first-order valence-corrected chi connectivity index (χ1v) is 12.4. The van der Waals surface area contributed by atoms with Crippen LogP contribution in [0.4, 0.5) is 11.4 Å². The van der Waals surface area contributed by atoms with Gasteiger partial charge in [-0.25, -0.2) is 0 Å². The molecule has 1 aliphatic heterocycles. The SMILES string of the molecule is COc1ccc(OCCCN2C(=O)COc3ccc(NC(=O)/C=C/c4ccc(C(C)C)cc4)cc32)cc1. The Balaban J connectivity index is 1.35. The number of nitrogens with zero attached hydrogens (tertiary/aromatic N) is 1. The largest absolute Gasteiger partial charge is 0.497 e. The summed E-state index contributed by atoms with van der Waals surface area (Å²) in [5.74, 6) is 2.18. The fraction of sp³-hybridized carbons (Fsp3) is 0.267. The molecule has 0 saturated carbocycles. The number of anilines is 2. The average Bonchev–Trinajstić information content (AvgIpc) is 2.91. The van der Waals surface area contributed by atoms with E-state index in [1.807, 2.05) is 36.4 Å². The molecule has 0 saturated heterocycles. The first-order chi connectivity index (χ1) is 17.9. The second kappa shape index (κ2) is 12.1. The van der Waals surface area contributed by atoms with E-state index in [0.717, 1.165) is 17.1 Å². The van der Waals surface area contributed by atoms with Crippen LogP contribution in [-0.4, -0.2) is 38.7 Å². The molecule has 7 heteroatoms. The Labute approximate surface area is 217 Å². The van der Waals surface area contributed by atoms with Crippen molar-refractivity contribution in [2.24, 2.45) is 0 Å². The predicted molar refractivity (Wildman–Crippen MR) is 146 cm³/mol. The molecule has 0 spiro atoms. The molecule has 0 unspecified atom stereocenters. The van der Waals surface area contributed by atoms with Crippen LogP contribution in [0.15, 0.2) is 72.8 Å². The van der Waals surface area contributed by atoms with Crippen molar-refractivity contribution in [2.75, 3.05) is 37.1 Å². The highest BCUT2D eigenvalue weighted by Crippen LogP contribution is 2.34. The number of fused-ring (bicyclic) bond motifs is 1. The number of hydrogen-bond donors (Lipinski definition) is 1. The van der Waals surface area contributed by atoms with E-state index in [-0.39, 0.29) is 18.4 Å². The summed E-state index contributed by atoms with van der Waals surface area (Å²) in [7, 11) is 1.62. The minimum absolute atomic E-state index is 0.0175. The molecule has 2 amide bonds. The third-order valence-corrected chi connectivity index (χ3v) is 6.05. The number of hydrogen-bond acceptors (Lipinski definition) is 5. The van der Waals surface area contributed by atoms with E-state index in [2.05, 4.69) is 31.3 Å². The Morgan fingerprint density at radius 3 is 2.49 bits per heavy atom. The van der Waals surface area contributed by atoms with Gasteiger partial charge in [0.15, 0.2) is 6.61 Å². The van der Waals surface area contributed by atoms with E-state index in [1.54, 1.807) is 36.3 Å². The van der Waals surface area contributed by atoms with Gasteiger partial charge in [-0.15, -0.1) is 0 Å². The van der Waals surface area contributed by atoms with Crippen LogP contribution in [0.1, 0.15) is 37.3 Å². The zero-order valence-corrected chi connectivity index (χ0v) is 21.4. The first-order valence-electron chi connectivity index (χ1n) is 12.4. The lowest BCUT2D eigenvalue weighted by Gasteiger charge is -2.29. The van der Waals surface area contributed by atoms with Gasteiger partial charge in [-0.05, 0) is 72.0 Å². The Kier molecular flexibility index (Phi) is 8.46. The van der Waals surface area contributed by atoms with Crippen molar-refractivity contribution in [1.29, 1.82) is 0 Å². The number of rotatable bonds is 10. The summed E-state index contributed by atoms with van der Waals surface area (Å²) >= 11 is 0. The lowest BCUT2D eigenvalue weighted by Crippen LogP contribution is -2.39. The molecule has 3 aromatic carbocycles. The molecule has 0 aliphatic carbocycles. The topological polar surface area (TPSA) is 77.1 Å². The molecular weight excluding hydrogens is 468 g/mol. The highest BCUT2D eigenvalue weighted by Gasteiger charge is 2.25. The molecule has 192 valence electrons. The Bertz CT molecular complexity index is 1250. The third kappa shape index (κ3) is 6.91. The summed E-state index contributed by atoms with van der Waals surface area (Å²) in [6.07, 6.45) is 3.91. The number of nitrogens with one attached hydrogen (secondary N) is 1. The zero-order chi connectivity index (χ0) is 26.2. The molecule has 3 aromatic rings. The zero-order valence-electron chi connectivity index (χ0n) is 21.4. The van der Waals surface area contributed by atoms with Gasteiger partial charge in [-0.1, -0.05) is 38.1 Å². The summed E-state index contributed by atoms with van der Waals surface area (Å²) in [6, 6.07) is 20.8. The van der Waals surface area contributed by atoms with Crippen LogP contribution >= 0.6 is 0 Å². The van der Waals surface area contributed by atoms with Gasteiger partial charge in [0.05, 0.1) is 19.4 Å². The number of methoxy groups -OCH3 is 1. The maximum atomic E-state index is 12.6. The fourth-order valence-corrected chi connectivity index (χ4v) is 3.96. The standard InChI is InChI=1S/C30H32N2O5/c1-21(2)23-8-5-22(6-9-23)7-16-29(33)31-24-10-15-28-27(19-24)32(30(34)20-37-28)17-4-18-36-26-13-11-25(35-3)12-14-26/h5-16,19,21H,4,17-18,20H2,1-3H3,(H,31,33)/b16-7+. The van der Waals surface area contributed by atoms with Crippen LogP contribution in [0.25, 0.3) is 6.08 Å². The average molecular weight is 501 g/mol. The van der Waals surface area contributed by atoms with Gasteiger partial charge < -0.3 is 24.4 Å². The van der Waals surface area contributed by atoms with E-state index in [4.69, 9.17) is 14.2 Å². The Morgan fingerprint density at radius 1 is 1.05 bits per heavy atom. The van der Waals surface area contributed by atoms with Crippen LogP contribution < -0.4 is 24.4 Å². The molecule has 0 aromatic heterocycles. The van der Waals surface area contributed by atoms with Crippen LogP contribution in [0, 0.1) is 0 Å². The summed E-state index contributed by atoms with van der Waals surface area (Å²) in [4.78, 5) is 26.8. The van der Waals surface area contributed by atoms with E-state index in [1.165, 1.54) is 11.6 Å². The normalized spacial score (nSPS) is 12.9. The van der Waals surface area contributed by atoms with Gasteiger partial charge in [0.25, 0.3) is 5.91 Å². The van der Waals surface area contributed by atoms with Crippen molar-refractivity contribution < 1.29 is 23.8 Å². The van der Waals surface area contributed by atoms with Crippen molar-refractivity contribution in [3.8, 4) is 17.2 Å². The number of carbonyl (C=O) groups excluding carboxylic acids is 2. The number of carbonyl (C=O) groups is 2. The van der Waals surface area contributed by atoms with Gasteiger partial charge in [-0.2, -0.15) is 0 Å². The summed E-state index contributed by atoms with van der Waals surface area (Å²) < 4.78 is 16.5. The maximum absolute atomic E-state index is 12.6. The highest BCUT2D eigenvalue weighted by molar-refractivity contribution is 6.03. The highest BCUT2D eigenvalue weighted by atomic mass is 16.5. The molecule has 0 radical (unpaired) electrons. The van der Waals surface area contributed by atoms with Crippen molar-refractivity contribution >= 4 is 29.3 Å². The van der Waals surface area contributed by atoms with E-state index in [0.29, 0.717) is 42.6 Å². The fourth-order valence-electron chi connectivity index (χ4n) is 3.96. The molecular formula is C30H32N2O5. The molecule has 0 atom stereocenters. The Morgan fingerprint density at radius 2 is 1.78 bits per heavy atom. The minimum atomic E-state index is -0.254. The van der Waals surface area contributed by atoms with E-state index in [9.17, 15) is 9.59 Å². The van der Waals surface area contributed by atoms with Crippen molar-refractivity contribution in [3.05, 3.63) is 83.9 Å². The van der Waals surface area contributed by atoms with Crippen molar-refractivity contribution in [3.63, 3.8) is 0 Å². The van der Waals surface area contributed by atoms with Crippen LogP contribution in [0.3, 0.4) is 0 Å². The van der Waals surface area contributed by atoms with E-state index < -0.39 is 0 Å². The third-order valence-electron chi connectivity index (χ3n) is 6.05. The molecule has 1 aliphatic rings. The molecule has 4 rings (SSSR count). The quantitative estimate of drug-likeness (QED) is 0.287. The monoisotopic (exact) mass is 500 g/mol. The molecule has 1 N–H and O–H groups in total. The predicted octanol–water partition coefficient (Wildman–Crippen LogP) is 5.67. The number of ether oxygens (including phenoxy) is 3. The molecule has 0 fully saturated rings. The van der Waals surface area contributed by atoms with Crippen LogP contribution in [0.5, 0.6) is 17.2 Å². The van der Waals surface area contributed by atoms with Crippen molar-refractivity contribution in [2.45, 2.75) is 26.2 Å². The minimum Gasteiger partial charge on any atom is -0.497 e.